The number of urea groups is 1. The molecule has 0 radical (unpaired) electrons. The molecule has 0 bridgehead atoms. The number of hydrogen-bond acceptors (Lipinski definition) is 6. The maximum Gasteiger partial charge on any atom is 0.326 e. The zero-order valence-electron chi connectivity index (χ0n) is 14.3. The van der Waals surface area contributed by atoms with Gasteiger partial charge in [-0.2, -0.15) is 0 Å². The molecule has 2 saturated heterocycles. The average Bonchev–Trinajstić information content (AvgIpc) is 2.90. The zero-order chi connectivity index (χ0) is 17.5. The lowest BCUT2D eigenvalue weighted by Gasteiger charge is -2.35. The van der Waals surface area contributed by atoms with Gasteiger partial charge in [-0.05, 0) is 19.4 Å². The first-order chi connectivity index (χ1) is 11.6. The molecule has 2 rings (SSSR count). The minimum atomic E-state index is -0.671. The van der Waals surface area contributed by atoms with Crippen molar-refractivity contribution < 1.29 is 24.2 Å². The van der Waals surface area contributed by atoms with Gasteiger partial charge < -0.3 is 20.3 Å². The van der Waals surface area contributed by atoms with Gasteiger partial charge in [-0.1, -0.05) is 19.3 Å². The summed E-state index contributed by atoms with van der Waals surface area (Å²) in [5.74, 6) is -0.454. The van der Waals surface area contributed by atoms with Crippen LogP contribution in [0.25, 0.3) is 0 Å². The van der Waals surface area contributed by atoms with Crippen molar-refractivity contribution in [2.75, 3.05) is 26.8 Å². The van der Waals surface area contributed by atoms with Gasteiger partial charge in [-0.15, -0.1) is 0 Å². The summed E-state index contributed by atoms with van der Waals surface area (Å²) in [5, 5.41) is 12.4. The summed E-state index contributed by atoms with van der Waals surface area (Å²) < 4.78 is 10.7. The monoisotopic (exact) mass is 343 g/mol. The van der Waals surface area contributed by atoms with E-state index >= 15 is 0 Å². The number of nitrogens with zero attached hydrogens (tertiary/aromatic N) is 1. The van der Waals surface area contributed by atoms with E-state index in [1.807, 2.05) is 0 Å². The molecular weight excluding hydrogens is 314 g/mol. The standard InChI is InChI=1S/C16H29N3O5/c1-23-10-13-12(20)8-14(24-13)19-9-11(15(21)18-16(19)22)6-4-2-3-5-7-17/h11-14,20H,2-10,17H2,1H3,(H,18,21,22)/t11?,12-,13?,14-/m1/s1. The first-order valence-electron chi connectivity index (χ1n) is 8.70. The lowest BCUT2D eigenvalue weighted by atomic mass is 9.97. The molecule has 4 N–H and O–H groups in total. The van der Waals surface area contributed by atoms with E-state index in [1.54, 1.807) is 0 Å². The molecule has 4 atom stereocenters. The van der Waals surface area contributed by atoms with E-state index in [2.05, 4.69) is 5.32 Å². The lowest BCUT2D eigenvalue weighted by Crippen LogP contribution is -2.57. The van der Waals surface area contributed by atoms with E-state index in [4.69, 9.17) is 15.2 Å². The van der Waals surface area contributed by atoms with E-state index in [1.165, 1.54) is 12.0 Å². The Morgan fingerprint density at radius 1 is 1.33 bits per heavy atom. The summed E-state index contributed by atoms with van der Waals surface area (Å²) in [6.45, 7) is 1.30. The second-order valence-corrected chi connectivity index (χ2v) is 6.52. The van der Waals surface area contributed by atoms with Crippen molar-refractivity contribution in [1.82, 2.24) is 10.2 Å². The third kappa shape index (κ3) is 4.89. The fourth-order valence-corrected chi connectivity index (χ4v) is 3.26. The van der Waals surface area contributed by atoms with E-state index in [0.29, 0.717) is 19.5 Å². The highest BCUT2D eigenvalue weighted by Gasteiger charge is 2.42. The van der Waals surface area contributed by atoms with Crippen molar-refractivity contribution >= 4 is 11.9 Å². The van der Waals surface area contributed by atoms with Crippen molar-refractivity contribution in [3.05, 3.63) is 0 Å². The molecule has 24 heavy (non-hydrogen) atoms. The Morgan fingerprint density at radius 2 is 2.08 bits per heavy atom. The molecule has 0 aromatic heterocycles. The van der Waals surface area contributed by atoms with Crippen LogP contribution in [0.3, 0.4) is 0 Å². The first-order valence-corrected chi connectivity index (χ1v) is 8.70. The minimum absolute atomic E-state index is 0.220. The molecule has 138 valence electrons. The highest BCUT2D eigenvalue weighted by Crippen LogP contribution is 2.27. The number of methoxy groups -OCH3 is 1. The number of aliphatic hydroxyl groups excluding tert-OH is 1. The number of ether oxygens (including phenoxy) is 2. The van der Waals surface area contributed by atoms with Gasteiger partial charge in [-0.25, -0.2) is 4.79 Å². The molecule has 3 amide bonds. The summed E-state index contributed by atoms with van der Waals surface area (Å²) in [6.07, 6.45) is 3.45. The van der Waals surface area contributed by atoms with Gasteiger partial charge in [-0.3, -0.25) is 15.0 Å². The van der Waals surface area contributed by atoms with Crippen molar-refractivity contribution in [3.63, 3.8) is 0 Å². The average molecular weight is 343 g/mol. The third-order valence-electron chi connectivity index (χ3n) is 4.67. The molecule has 8 nitrogen and oxygen atoms in total. The van der Waals surface area contributed by atoms with E-state index in [0.717, 1.165) is 32.1 Å². The van der Waals surface area contributed by atoms with Crippen LogP contribution in [-0.4, -0.2) is 67.2 Å². The molecule has 2 fully saturated rings. The largest absolute Gasteiger partial charge is 0.390 e. The van der Waals surface area contributed by atoms with Crippen LogP contribution in [0.5, 0.6) is 0 Å². The van der Waals surface area contributed by atoms with Gasteiger partial charge in [0.2, 0.25) is 5.91 Å². The van der Waals surface area contributed by atoms with Crippen LogP contribution >= 0.6 is 0 Å². The van der Waals surface area contributed by atoms with Crippen molar-refractivity contribution in [2.24, 2.45) is 11.7 Å². The highest BCUT2D eigenvalue weighted by molar-refractivity contribution is 5.98. The first kappa shape index (κ1) is 19.1. The molecule has 0 aromatic carbocycles. The molecule has 0 saturated carbocycles. The van der Waals surface area contributed by atoms with E-state index in [9.17, 15) is 14.7 Å². The smallest absolute Gasteiger partial charge is 0.326 e. The van der Waals surface area contributed by atoms with Crippen LogP contribution in [0.15, 0.2) is 0 Å². The Hall–Kier alpha value is -1.22. The van der Waals surface area contributed by atoms with Crippen molar-refractivity contribution in [1.29, 1.82) is 0 Å². The maximum absolute atomic E-state index is 12.1. The number of rotatable bonds is 9. The molecule has 2 aliphatic heterocycles. The highest BCUT2D eigenvalue weighted by atomic mass is 16.6. The molecule has 0 spiro atoms. The Balaban J connectivity index is 1.86. The van der Waals surface area contributed by atoms with E-state index < -0.39 is 24.5 Å². The Morgan fingerprint density at radius 3 is 2.79 bits per heavy atom. The van der Waals surface area contributed by atoms with Crippen molar-refractivity contribution in [3.8, 4) is 0 Å². The summed E-state index contributed by atoms with van der Waals surface area (Å²) in [5.41, 5.74) is 5.47. The number of hydrogen-bond donors (Lipinski definition) is 3. The molecule has 0 aromatic rings. The predicted octanol–water partition coefficient (Wildman–Crippen LogP) is 0.186. The number of carbonyl (C=O) groups excluding carboxylic acids is 2. The SMILES string of the molecule is COCC1O[C@@H](N2CC(CCCCCCN)C(=O)NC2=O)C[C@H]1O. The van der Waals surface area contributed by atoms with Crippen molar-refractivity contribution in [2.45, 2.75) is 57.0 Å². The summed E-state index contributed by atoms with van der Waals surface area (Å²) in [4.78, 5) is 25.7. The molecular formula is C16H29N3O5. The number of nitrogens with two attached hydrogens (primary N) is 1. The summed E-state index contributed by atoms with van der Waals surface area (Å²) in [6, 6.07) is -0.449. The summed E-state index contributed by atoms with van der Waals surface area (Å²) >= 11 is 0. The van der Waals surface area contributed by atoms with Gasteiger partial charge in [0.15, 0.2) is 0 Å². The Labute approximate surface area is 142 Å². The van der Waals surface area contributed by atoms with Gasteiger partial charge in [0.1, 0.15) is 12.3 Å². The van der Waals surface area contributed by atoms with Crippen LogP contribution < -0.4 is 11.1 Å². The predicted molar refractivity (Wildman–Crippen MR) is 87.0 cm³/mol. The quantitative estimate of drug-likeness (QED) is 0.515. The Kier molecular flexibility index (Phi) is 7.41. The van der Waals surface area contributed by atoms with Crippen LogP contribution in [-0.2, 0) is 14.3 Å². The number of unbranched alkanes of at least 4 members (excludes halogenated alkanes) is 3. The maximum atomic E-state index is 12.1. The Bertz CT molecular complexity index is 434. The van der Waals surface area contributed by atoms with Crippen LogP contribution in [0, 0.1) is 5.92 Å². The minimum Gasteiger partial charge on any atom is -0.390 e. The normalized spacial score (nSPS) is 30.7. The topological polar surface area (TPSA) is 114 Å². The molecule has 8 heteroatoms. The van der Waals surface area contributed by atoms with Gasteiger partial charge in [0, 0.05) is 20.1 Å². The molecule has 2 aliphatic rings. The number of imide groups is 1. The third-order valence-corrected chi connectivity index (χ3v) is 4.67. The van der Waals surface area contributed by atoms with Gasteiger partial charge in [0.25, 0.3) is 0 Å². The molecule has 0 aliphatic carbocycles. The summed E-state index contributed by atoms with van der Waals surface area (Å²) in [7, 11) is 1.54. The zero-order valence-corrected chi connectivity index (χ0v) is 14.3. The van der Waals surface area contributed by atoms with E-state index in [-0.39, 0.29) is 18.4 Å². The van der Waals surface area contributed by atoms with Crippen LogP contribution in [0.2, 0.25) is 0 Å². The number of carbonyl (C=O) groups is 2. The van der Waals surface area contributed by atoms with Gasteiger partial charge in [0.05, 0.1) is 18.6 Å². The fraction of sp³-hybridized carbons (Fsp3) is 0.875. The second kappa shape index (κ2) is 9.31. The number of nitrogens with one attached hydrogen (secondary N) is 1. The second-order valence-electron chi connectivity index (χ2n) is 6.52. The molecule has 2 unspecified atom stereocenters. The number of amides is 3. The molecule has 2 heterocycles. The van der Waals surface area contributed by atoms with Crippen LogP contribution in [0.4, 0.5) is 4.79 Å². The fourth-order valence-electron chi connectivity index (χ4n) is 3.26. The van der Waals surface area contributed by atoms with Gasteiger partial charge >= 0.3 is 6.03 Å². The number of aliphatic hydroxyl groups is 1. The van der Waals surface area contributed by atoms with Crippen LogP contribution in [0.1, 0.15) is 38.5 Å². The lowest BCUT2D eigenvalue weighted by molar-refractivity contribution is -0.129.